The minimum Gasteiger partial charge on any atom is -0.436 e. The van der Waals surface area contributed by atoms with Crippen LogP contribution in [0, 0.1) is 0 Å². The normalized spacial score (nSPS) is 11.0. The molecular weight excluding hydrogens is 236 g/mol. The number of nitrogens with zero attached hydrogens (tertiary/aromatic N) is 1. The monoisotopic (exact) mass is 252 g/mol. The van der Waals surface area contributed by atoms with E-state index >= 15 is 0 Å². The molecule has 0 saturated carbocycles. The SMILES string of the molecule is CCNCc1ccc2oc(-c3ccccc3)nc2c1. The number of fused-ring (bicyclic) bond motifs is 1. The zero-order chi connectivity index (χ0) is 13.1. The Morgan fingerprint density at radius 2 is 1.95 bits per heavy atom. The molecule has 3 nitrogen and oxygen atoms in total. The summed E-state index contributed by atoms with van der Waals surface area (Å²) in [6, 6.07) is 16.1. The van der Waals surface area contributed by atoms with Gasteiger partial charge in [0.15, 0.2) is 5.58 Å². The topological polar surface area (TPSA) is 38.1 Å². The minimum atomic E-state index is 0.677. The Hall–Kier alpha value is -2.13. The van der Waals surface area contributed by atoms with Crippen LogP contribution < -0.4 is 5.32 Å². The van der Waals surface area contributed by atoms with Gasteiger partial charge in [0, 0.05) is 12.1 Å². The molecule has 3 aromatic rings. The van der Waals surface area contributed by atoms with E-state index in [1.165, 1.54) is 5.56 Å². The fourth-order valence-electron chi connectivity index (χ4n) is 2.06. The molecule has 0 bridgehead atoms. The first-order valence-electron chi connectivity index (χ1n) is 6.52. The van der Waals surface area contributed by atoms with E-state index in [9.17, 15) is 0 Å². The quantitative estimate of drug-likeness (QED) is 0.771. The Morgan fingerprint density at radius 1 is 1.11 bits per heavy atom. The average molecular weight is 252 g/mol. The van der Waals surface area contributed by atoms with Crippen LogP contribution in [0.4, 0.5) is 0 Å². The van der Waals surface area contributed by atoms with Crippen molar-refractivity contribution in [3.63, 3.8) is 0 Å². The smallest absolute Gasteiger partial charge is 0.227 e. The number of oxazole rings is 1. The van der Waals surface area contributed by atoms with Crippen molar-refractivity contribution >= 4 is 11.1 Å². The van der Waals surface area contributed by atoms with Gasteiger partial charge < -0.3 is 9.73 Å². The molecule has 0 amide bonds. The Kier molecular flexibility index (Phi) is 3.29. The van der Waals surface area contributed by atoms with E-state index in [4.69, 9.17) is 4.42 Å². The largest absolute Gasteiger partial charge is 0.436 e. The third-order valence-corrected chi connectivity index (χ3v) is 3.05. The number of nitrogens with one attached hydrogen (secondary N) is 1. The van der Waals surface area contributed by atoms with E-state index < -0.39 is 0 Å². The van der Waals surface area contributed by atoms with Gasteiger partial charge in [-0.2, -0.15) is 0 Å². The fraction of sp³-hybridized carbons (Fsp3) is 0.188. The molecule has 0 unspecified atom stereocenters. The van der Waals surface area contributed by atoms with Crippen LogP contribution in [0.5, 0.6) is 0 Å². The molecule has 0 aliphatic rings. The summed E-state index contributed by atoms with van der Waals surface area (Å²) in [5, 5.41) is 3.31. The van der Waals surface area contributed by atoms with Crippen molar-refractivity contribution in [3.05, 3.63) is 54.1 Å². The van der Waals surface area contributed by atoms with Crippen molar-refractivity contribution in [2.45, 2.75) is 13.5 Å². The summed E-state index contributed by atoms with van der Waals surface area (Å²) in [4.78, 5) is 4.56. The summed E-state index contributed by atoms with van der Waals surface area (Å²) >= 11 is 0. The highest BCUT2D eigenvalue weighted by molar-refractivity contribution is 5.76. The number of rotatable bonds is 4. The maximum atomic E-state index is 5.78. The van der Waals surface area contributed by atoms with Crippen LogP contribution in [-0.4, -0.2) is 11.5 Å². The Balaban J connectivity index is 1.97. The number of aromatic nitrogens is 1. The molecule has 1 aromatic heterocycles. The summed E-state index contributed by atoms with van der Waals surface area (Å²) < 4.78 is 5.78. The van der Waals surface area contributed by atoms with E-state index in [1.54, 1.807) is 0 Å². The molecule has 0 fully saturated rings. The van der Waals surface area contributed by atoms with Crippen molar-refractivity contribution in [3.8, 4) is 11.5 Å². The van der Waals surface area contributed by atoms with Crippen LogP contribution in [0.3, 0.4) is 0 Å². The predicted octanol–water partition coefficient (Wildman–Crippen LogP) is 3.60. The van der Waals surface area contributed by atoms with Crippen molar-refractivity contribution < 1.29 is 4.42 Å². The first-order chi connectivity index (χ1) is 9.36. The maximum Gasteiger partial charge on any atom is 0.227 e. The average Bonchev–Trinajstić information content (AvgIpc) is 2.89. The Bertz CT molecular complexity index is 674. The van der Waals surface area contributed by atoms with Crippen LogP contribution in [0.2, 0.25) is 0 Å². The van der Waals surface area contributed by atoms with Crippen LogP contribution >= 0.6 is 0 Å². The summed E-state index contributed by atoms with van der Waals surface area (Å²) in [5.41, 5.74) is 3.97. The summed E-state index contributed by atoms with van der Waals surface area (Å²) in [7, 11) is 0. The standard InChI is InChI=1S/C16H16N2O/c1-2-17-11-12-8-9-15-14(10-12)18-16(19-15)13-6-4-3-5-7-13/h3-10,17H,2,11H2,1H3. The molecule has 0 aliphatic carbocycles. The van der Waals surface area contributed by atoms with Gasteiger partial charge in [-0.05, 0) is 36.4 Å². The third kappa shape index (κ3) is 2.51. The van der Waals surface area contributed by atoms with E-state index in [-0.39, 0.29) is 0 Å². The summed E-state index contributed by atoms with van der Waals surface area (Å²) in [5.74, 6) is 0.677. The van der Waals surface area contributed by atoms with Gasteiger partial charge in [0.1, 0.15) is 5.52 Å². The summed E-state index contributed by atoms with van der Waals surface area (Å²) in [6.07, 6.45) is 0. The van der Waals surface area contributed by atoms with E-state index in [0.717, 1.165) is 29.8 Å². The van der Waals surface area contributed by atoms with Gasteiger partial charge in [0.05, 0.1) is 0 Å². The predicted molar refractivity (Wildman–Crippen MR) is 76.8 cm³/mol. The molecule has 0 spiro atoms. The highest BCUT2D eigenvalue weighted by Crippen LogP contribution is 2.24. The molecular formula is C16H16N2O. The molecule has 96 valence electrons. The lowest BCUT2D eigenvalue weighted by Gasteiger charge is -2.00. The molecule has 0 aliphatic heterocycles. The van der Waals surface area contributed by atoms with E-state index in [0.29, 0.717) is 5.89 Å². The second-order valence-corrected chi connectivity index (χ2v) is 4.47. The zero-order valence-electron chi connectivity index (χ0n) is 10.9. The highest BCUT2D eigenvalue weighted by Gasteiger charge is 2.08. The van der Waals surface area contributed by atoms with Crippen molar-refractivity contribution in [1.82, 2.24) is 10.3 Å². The van der Waals surface area contributed by atoms with Crippen LogP contribution in [-0.2, 0) is 6.54 Å². The van der Waals surface area contributed by atoms with Crippen molar-refractivity contribution in [2.75, 3.05) is 6.54 Å². The lowest BCUT2D eigenvalue weighted by molar-refractivity contribution is 0.619. The second kappa shape index (κ2) is 5.24. The number of benzene rings is 2. The zero-order valence-corrected chi connectivity index (χ0v) is 10.9. The number of hydrogen-bond donors (Lipinski definition) is 1. The van der Waals surface area contributed by atoms with Gasteiger partial charge in [-0.25, -0.2) is 4.98 Å². The number of hydrogen-bond acceptors (Lipinski definition) is 3. The van der Waals surface area contributed by atoms with Gasteiger partial charge in [0.25, 0.3) is 0 Å². The molecule has 1 N–H and O–H groups in total. The first-order valence-corrected chi connectivity index (χ1v) is 6.52. The molecule has 1 heterocycles. The fourth-order valence-corrected chi connectivity index (χ4v) is 2.06. The minimum absolute atomic E-state index is 0.677. The van der Waals surface area contributed by atoms with Gasteiger partial charge in [-0.3, -0.25) is 0 Å². The molecule has 19 heavy (non-hydrogen) atoms. The van der Waals surface area contributed by atoms with Crippen molar-refractivity contribution in [1.29, 1.82) is 0 Å². The van der Waals surface area contributed by atoms with Gasteiger partial charge >= 0.3 is 0 Å². The molecule has 0 radical (unpaired) electrons. The maximum absolute atomic E-state index is 5.78. The Morgan fingerprint density at radius 3 is 2.74 bits per heavy atom. The Labute approximate surface area is 112 Å². The van der Waals surface area contributed by atoms with E-state index in [1.807, 2.05) is 36.4 Å². The van der Waals surface area contributed by atoms with Crippen molar-refractivity contribution in [2.24, 2.45) is 0 Å². The first kappa shape index (κ1) is 11.9. The van der Waals surface area contributed by atoms with Gasteiger partial charge in [-0.15, -0.1) is 0 Å². The molecule has 0 saturated heterocycles. The molecule has 3 rings (SSSR count). The summed E-state index contributed by atoms with van der Waals surface area (Å²) in [6.45, 7) is 3.92. The van der Waals surface area contributed by atoms with Crippen LogP contribution in [0.25, 0.3) is 22.6 Å². The van der Waals surface area contributed by atoms with Crippen LogP contribution in [0.1, 0.15) is 12.5 Å². The lowest BCUT2D eigenvalue weighted by atomic mass is 10.2. The van der Waals surface area contributed by atoms with Gasteiger partial charge in [-0.1, -0.05) is 31.2 Å². The third-order valence-electron chi connectivity index (χ3n) is 3.05. The van der Waals surface area contributed by atoms with Gasteiger partial charge in [0.2, 0.25) is 5.89 Å². The van der Waals surface area contributed by atoms with E-state index in [2.05, 4.69) is 29.4 Å². The highest BCUT2D eigenvalue weighted by atomic mass is 16.3. The lowest BCUT2D eigenvalue weighted by Crippen LogP contribution is -2.11. The molecule has 0 atom stereocenters. The molecule has 2 aromatic carbocycles. The van der Waals surface area contributed by atoms with Crippen LogP contribution in [0.15, 0.2) is 52.9 Å². The molecule has 3 heteroatoms. The second-order valence-electron chi connectivity index (χ2n) is 4.47.